The second kappa shape index (κ2) is 8.53. The lowest BCUT2D eigenvalue weighted by Crippen LogP contribution is -2.24. The van der Waals surface area contributed by atoms with Gasteiger partial charge >= 0.3 is 0 Å². The largest absolute Gasteiger partial charge is 0.370 e. The Kier molecular flexibility index (Phi) is 7.59. The summed E-state index contributed by atoms with van der Waals surface area (Å²) in [6, 6.07) is 0. The number of nitrogens with one attached hydrogen (secondary N) is 1. The topological polar surface area (TPSA) is 32.3 Å². The van der Waals surface area contributed by atoms with Crippen molar-refractivity contribution < 1.29 is 4.79 Å². The number of carbonyl (C=O) groups is 1. The zero-order valence-corrected chi connectivity index (χ0v) is 9.91. The Balaban J connectivity index is 3.95. The SMILES string of the molecule is C=CCN(C=CCNC(=O)C(=C)C)CC=C. The molecule has 3 heteroatoms. The van der Waals surface area contributed by atoms with Gasteiger partial charge < -0.3 is 10.2 Å². The van der Waals surface area contributed by atoms with Crippen molar-refractivity contribution in [1.29, 1.82) is 0 Å². The molecule has 1 amide bonds. The van der Waals surface area contributed by atoms with Gasteiger partial charge in [0.15, 0.2) is 0 Å². The van der Waals surface area contributed by atoms with Gasteiger partial charge in [-0.25, -0.2) is 0 Å². The molecule has 0 fully saturated rings. The molecule has 0 saturated heterocycles. The average molecular weight is 220 g/mol. The van der Waals surface area contributed by atoms with E-state index in [-0.39, 0.29) is 5.91 Å². The highest BCUT2D eigenvalue weighted by Gasteiger charge is 1.97. The molecular weight excluding hydrogens is 200 g/mol. The molecule has 88 valence electrons. The Morgan fingerprint density at radius 1 is 1.31 bits per heavy atom. The molecule has 0 aliphatic rings. The third-order valence-corrected chi connectivity index (χ3v) is 1.81. The van der Waals surface area contributed by atoms with Crippen molar-refractivity contribution >= 4 is 5.91 Å². The van der Waals surface area contributed by atoms with Crippen molar-refractivity contribution in [2.45, 2.75) is 6.92 Å². The molecule has 0 rings (SSSR count). The lowest BCUT2D eigenvalue weighted by atomic mass is 10.3. The number of hydrogen-bond donors (Lipinski definition) is 1. The zero-order chi connectivity index (χ0) is 12.4. The monoisotopic (exact) mass is 220 g/mol. The van der Waals surface area contributed by atoms with Crippen LogP contribution >= 0.6 is 0 Å². The Labute approximate surface area is 97.8 Å². The molecule has 0 aromatic heterocycles. The molecule has 0 aromatic carbocycles. The molecule has 0 bridgehead atoms. The van der Waals surface area contributed by atoms with Gasteiger partial charge in [-0.3, -0.25) is 4.79 Å². The fourth-order valence-corrected chi connectivity index (χ4v) is 1.03. The third-order valence-electron chi connectivity index (χ3n) is 1.81. The number of rotatable bonds is 8. The first-order valence-corrected chi connectivity index (χ1v) is 5.18. The third kappa shape index (κ3) is 6.65. The highest BCUT2D eigenvalue weighted by molar-refractivity contribution is 5.92. The number of amides is 1. The first-order chi connectivity index (χ1) is 7.61. The molecule has 1 N–H and O–H groups in total. The van der Waals surface area contributed by atoms with E-state index in [2.05, 4.69) is 25.1 Å². The second-order valence-electron chi connectivity index (χ2n) is 3.41. The highest BCUT2D eigenvalue weighted by atomic mass is 16.1. The zero-order valence-electron chi connectivity index (χ0n) is 9.91. The molecule has 0 aromatic rings. The Bertz CT molecular complexity index is 282. The summed E-state index contributed by atoms with van der Waals surface area (Å²) in [5, 5.41) is 2.72. The van der Waals surface area contributed by atoms with E-state index in [4.69, 9.17) is 0 Å². The molecule has 16 heavy (non-hydrogen) atoms. The fourth-order valence-electron chi connectivity index (χ4n) is 1.03. The van der Waals surface area contributed by atoms with Gasteiger partial charge in [-0.2, -0.15) is 0 Å². The van der Waals surface area contributed by atoms with Gasteiger partial charge in [0.1, 0.15) is 0 Å². The maximum absolute atomic E-state index is 11.1. The van der Waals surface area contributed by atoms with Crippen LogP contribution in [0.1, 0.15) is 6.92 Å². The van der Waals surface area contributed by atoms with Crippen LogP contribution in [-0.4, -0.2) is 30.4 Å². The summed E-state index contributed by atoms with van der Waals surface area (Å²) in [5.74, 6) is -0.122. The van der Waals surface area contributed by atoms with Gasteiger partial charge in [0.25, 0.3) is 0 Å². The molecule has 0 radical (unpaired) electrons. The maximum Gasteiger partial charge on any atom is 0.246 e. The van der Waals surface area contributed by atoms with Crippen molar-refractivity contribution in [3.63, 3.8) is 0 Å². The Hall–Kier alpha value is -1.77. The van der Waals surface area contributed by atoms with E-state index >= 15 is 0 Å². The predicted molar refractivity (Wildman–Crippen MR) is 68.9 cm³/mol. The van der Waals surface area contributed by atoms with E-state index in [0.717, 1.165) is 13.1 Å². The van der Waals surface area contributed by atoms with Crippen LogP contribution in [0.15, 0.2) is 49.7 Å². The van der Waals surface area contributed by atoms with Crippen LogP contribution in [0.5, 0.6) is 0 Å². The fraction of sp³-hybridized carbons (Fsp3) is 0.308. The molecule has 0 unspecified atom stereocenters. The van der Waals surface area contributed by atoms with E-state index in [0.29, 0.717) is 12.1 Å². The predicted octanol–water partition coefficient (Wildman–Crippen LogP) is 1.87. The summed E-state index contributed by atoms with van der Waals surface area (Å²) in [5.41, 5.74) is 0.516. The van der Waals surface area contributed by atoms with Gasteiger partial charge in [0.2, 0.25) is 5.91 Å². The lowest BCUT2D eigenvalue weighted by molar-refractivity contribution is -0.117. The maximum atomic E-state index is 11.1. The van der Waals surface area contributed by atoms with Crippen LogP contribution in [0, 0.1) is 0 Å². The van der Waals surface area contributed by atoms with Crippen molar-refractivity contribution in [2.75, 3.05) is 19.6 Å². The quantitative estimate of drug-likeness (QED) is 0.500. The first-order valence-electron chi connectivity index (χ1n) is 5.18. The second-order valence-corrected chi connectivity index (χ2v) is 3.41. The van der Waals surface area contributed by atoms with E-state index in [1.54, 1.807) is 6.92 Å². The molecule has 0 atom stereocenters. The average Bonchev–Trinajstić information content (AvgIpc) is 2.24. The molecule has 0 aliphatic carbocycles. The minimum Gasteiger partial charge on any atom is -0.370 e. The van der Waals surface area contributed by atoms with Crippen molar-refractivity contribution in [3.05, 3.63) is 49.7 Å². The number of carbonyl (C=O) groups excluding carboxylic acids is 1. The van der Waals surface area contributed by atoms with Gasteiger partial charge in [-0.05, 0) is 19.2 Å². The number of nitrogens with zero attached hydrogens (tertiary/aromatic N) is 1. The summed E-state index contributed by atoms with van der Waals surface area (Å²) in [4.78, 5) is 13.2. The normalized spacial score (nSPS) is 9.81. The van der Waals surface area contributed by atoms with Crippen molar-refractivity contribution in [2.24, 2.45) is 0 Å². The van der Waals surface area contributed by atoms with Crippen molar-refractivity contribution in [1.82, 2.24) is 10.2 Å². The Morgan fingerprint density at radius 2 is 1.88 bits per heavy atom. The summed E-state index contributed by atoms with van der Waals surface area (Å²) in [7, 11) is 0. The van der Waals surface area contributed by atoms with E-state index < -0.39 is 0 Å². The van der Waals surface area contributed by atoms with Gasteiger partial charge in [0, 0.05) is 25.2 Å². The molecule has 0 aliphatic heterocycles. The molecule has 0 saturated carbocycles. The lowest BCUT2D eigenvalue weighted by Gasteiger charge is -2.15. The summed E-state index contributed by atoms with van der Waals surface area (Å²) in [6.45, 7) is 14.6. The van der Waals surface area contributed by atoms with Crippen LogP contribution in [0.2, 0.25) is 0 Å². The first kappa shape index (κ1) is 14.2. The summed E-state index contributed by atoms with van der Waals surface area (Å²) in [6.07, 6.45) is 7.44. The highest BCUT2D eigenvalue weighted by Crippen LogP contribution is 1.91. The van der Waals surface area contributed by atoms with Crippen LogP contribution in [0.4, 0.5) is 0 Å². The van der Waals surface area contributed by atoms with Crippen molar-refractivity contribution in [3.8, 4) is 0 Å². The van der Waals surface area contributed by atoms with E-state index in [1.165, 1.54) is 0 Å². The minimum atomic E-state index is -0.122. The minimum absolute atomic E-state index is 0.122. The van der Waals surface area contributed by atoms with Gasteiger partial charge in [-0.1, -0.05) is 18.7 Å². The number of hydrogen-bond acceptors (Lipinski definition) is 2. The Morgan fingerprint density at radius 3 is 2.31 bits per heavy atom. The smallest absolute Gasteiger partial charge is 0.246 e. The van der Waals surface area contributed by atoms with Crippen LogP contribution in [0.25, 0.3) is 0 Å². The van der Waals surface area contributed by atoms with Crippen LogP contribution < -0.4 is 5.32 Å². The van der Waals surface area contributed by atoms with E-state index in [1.807, 2.05) is 29.3 Å². The van der Waals surface area contributed by atoms with Gasteiger partial charge in [0.05, 0.1) is 0 Å². The summed E-state index contributed by atoms with van der Waals surface area (Å²) >= 11 is 0. The molecule has 3 nitrogen and oxygen atoms in total. The molecular formula is C13H20N2O. The van der Waals surface area contributed by atoms with Gasteiger partial charge in [-0.15, -0.1) is 13.2 Å². The van der Waals surface area contributed by atoms with E-state index in [9.17, 15) is 4.79 Å². The molecule has 0 heterocycles. The molecule has 0 spiro atoms. The van der Waals surface area contributed by atoms with Crippen LogP contribution in [-0.2, 0) is 4.79 Å². The van der Waals surface area contributed by atoms with Crippen LogP contribution in [0.3, 0.4) is 0 Å². The summed E-state index contributed by atoms with van der Waals surface area (Å²) < 4.78 is 0. The standard InChI is InChI=1S/C13H20N2O/c1-5-9-15(10-6-2)11-7-8-14-13(16)12(3)4/h5-7,11H,1-3,8-10H2,4H3,(H,14,16).